The Morgan fingerprint density at radius 2 is 2.32 bits per heavy atom. The van der Waals surface area contributed by atoms with Crippen LogP contribution in [0.4, 0.5) is 4.39 Å². The van der Waals surface area contributed by atoms with Crippen molar-refractivity contribution < 1.29 is 9.13 Å². The summed E-state index contributed by atoms with van der Waals surface area (Å²) in [5.41, 5.74) is 1.01. The Balaban J connectivity index is 2.13. The lowest BCUT2D eigenvalue weighted by Crippen LogP contribution is -2.49. The average Bonchev–Trinajstić information content (AvgIpc) is 2.81. The van der Waals surface area contributed by atoms with Gasteiger partial charge in [-0.3, -0.25) is 0 Å². The summed E-state index contributed by atoms with van der Waals surface area (Å²) in [6.45, 7) is 6.02. The van der Waals surface area contributed by atoms with Gasteiger partial charge in [0.2, 0.25) is 0 Å². The molecule has 0 amide bonds. The van der Waals surface area contributed by atoms with E-state index in [9.17, 15) is 4.39 Å². The van der Waals surface area contributed by atoms with E-state index in [0.29, 0.717) is 4.47 Å². The number of likely N-dealkylation sites (N-methyl/N-ethyl adjacent to an activating group) is 1. The second-order valence-corrected chi connectivity index (χ2v) is 6.18. The van der Waals surface area contributed by atoms with Crippen LogP contribution in [-0.4, -0.2) is 24.8 Å². The summed E-state index contributed by atoms with van der Waals surface area (Å²) in [7, 11) is 0. The third-order valence-corrected chi connectivity index (χ3v) is 4.47. The molecule has 2 atom stereocenters. The van der Waals surface area contributed by atoms with Gasteiger partial charge >= 0.3 is 0 Å². The predicted octanol–water partition coefficient (Wildman–Crippen LogP) is 3.68. The number of ether oxygens (including phenoxy) is 1. The summed E-state index contributed by atoms with van der Waals surface area (Å²) in [6.07, 6.45) is 3.04. The normalized spacial score (nSPS) is 24.6. The summed E-state index contributed by atoms with van der Waals surface area (Å²) in [4.78, 5) is 0. The smallest absolute Gasteiger partial charge is 0.137 e. The minimum atomic E-state index is -0.216. The topological polar surface area (TPSA) is 21.3 Å². The Hall–Kier alpha value is -0.450. The molecule has 4 heteroatoms. The fraction of sp³-hybridized carbons (Fsp3) is 0.600. The second-order valence-electron chi connectivity index (χ2n) is 5.33. The first-order chi connectivity index (χ1) is 9.05. The molecule has 1 aliphatic rings. The number of rotatable bonds is 5. The Labute approximate surface area is 122 Å². The van der Waals surface area contributed by atoms with E-state index in [1.807, 2.05) is 12.1 Å². The number of nitrogens with one attached hydrogen (secondary N) is 1. The van der Waals surface area contributed by atoms with Crippen molar-refractivity contribution in [2.45, 2.75) is 44.8 Å². The molecule has 1 aromatic carbocycles. The minimum Gasteiger partial charge on any atom is -0.374 e. The Morgan fingerprint density at radius 1 is 1.53 bits per heavy atom. The van der Waals surface area contributed by atoms with Gasteiger partial charge in [-0.15, -0.1) is 0 Å². The van der Waals surface area contributed by atoms with Gasteiger partial charge in [0.25, 0.3) is 0 Å². The molecule has 0 spiro atoms. The molecule has 0 radical (unpaired) electrons. The third-order valence-electron chi connectivity index (χ3n) is 3.86. The first-order valence-electron chi connectivity index (χ1n) is 6.86. The summed E-state index contributed by atoms with van der Waals surface area (Å²) >= 11 is 3.25. The van der Waals surface area contributed by atoms with Gasteiger partial charge in [-0.25, -0.2) is 4.39 Å². The molecule has 106 valence electrons. The highest BCUT2D eigenvalue weighted by Crippen LogP contribution is 2.31. The van der Waals surface area contributed by atoms with E-state index in [1.54, 1.807) is 0 Å². The summed E-state index contributed by atoms with van der Waals surface area (Å²) in [5.74, 6) is -0.216. The number of halogens is 2. The highest BCUT2D eigenvalue weighted by Gasteiger charge is 2.37. The van der Waals surface area contributed by atoms with Gasteiger partial charge in [0.15, 0.2) is 0 Å². The monoisotopic (exact) mass is 329 g/mol. The van der Waals surface area contributed by atoms with Crippen LogP contribution >= 0.6 is 15.9 Å². The number of hydrogen-bond acceptors (Lipinski definition) is 2. The van der Waals surface area contributed by atoms with Crippen LogP contribution < -0.4 is 5.32 Å². The van der Waals surface area contributed by atoms with Crippen molar-refractivity contribution in [3.8, 4) is 0 Å². The van der Waals surface area contributed by atoms with Crippen molar-refractivity contribution in [2.75, 3.05) is 13.2 Å². The van der Waals surface area contributed by atoms with E-state index in [2.05, 4.69) is 35.1 Å². The molecule has 0 saturated carbocycles. The van der Waals surface area contributed by atoms with Gasteiger partial charge in [0.1, 0.15) is 5.82 Å². The van der Waals surface area contributed by atoms with Crippen molar-refractivity contribution in [2.24, 2.45) is 0 Å². The van der Waals surface area contributed by atoms with Crippen molar-refractivity contribution in [3.05, 3.63) is 34.1 Å². The van der Waals surface area contributed by atoms with E-state index in [-0.39, 0.29) is 17.5 Å². The van der Waals surface area contributed by atoms with E-state index in [4.69, 9.17) is 4.74 Å². The SMILES string of the molecule is CCNC(Cc1ccc(F)c(Br)c1)C1(C)CCCO1. The van der Waals surface area contributed by atoms with E-state index >= 15 is 0 Å². The lowest BCUT2D eigenvalue weighted by molar-refractivity contribution is -0.0110. The van der Waals surface area contributed by atoms with Crippen molar-refractivity contribution >= 4 is 15.9 Å². The zero-order chi connectivity index (χ0) is 13.9. The first kappa shape index (κ1) is 14.9. The molecule has 1 N–H and O–H groups in total. The quantitative estimate of drug-likeness (QED) is 0.889. The Morgan fingerprint density at radius 3 is 2.89 bits per heavy atom. The molecule has 1 aliphatic heterocycles. The fourth-order valence-corrected chi connectivity index (χ4v) is 3.15. The van der Waals surface area contributed by atoms with Gasteiger partial charge in [0, 0.05) is 12.6 Å². The van der Waals surface area contributed by atoms with Crippen LogP contribution in [0.2, 0.25) is 0 Å². The summed E-state index contributed by atoms with van der Waals surface area (Å²) in [6, 6.07) is 5.48. The predicted molar refractivity (Wildman–Crippen MR) is 78.9 cm³/mol. The molecule has 1 saturated heterocycles. The lowest BCUT2D eigenvalue weighted by Gasteiger charge is -2.34. The molecule has 2 unspecified atom stereocenters. The van der Waals surface area contributed by atoms with Crippen LogP contribution in [0.25, 0.3) is 0 Å². The fourth-order valence-electron chi connectivity index (χ4n) is 2.73. The molecule has 1 heterocycles. The Bertz CT molecular complexity index is 432. The molecule has 1 fully saturated rings. The van der Waals surface area contributed by atoms with Crippen LogP contribution in [-0.2, 0) is 11.2 Å². The van der Waals surface area contributed by atoms with Crippen LogP contribution in [0.5, 0.6) is 0 Å². The number of benzene rings is 1. The largest absolute Gasteiger partial charge is 0.374 e. The van der Waals surface area contributed by atoms with Gasteiger partial charge in [-0.2, -0.15) is 0 Å². The molecule has 0 bridgehead atoms. The minimum absolute atomic E-state index is 0.114. The average molecular weight is 330 g/mol. The number of hydrogen-bond donors (Lipinski definition) is 1. The maximum atomic E-state index is 13.3. The second kappa shape index (κ2) is 6.33. The zero-order valence-corrected chi connectivity index (χ0v) is 13.1. The molecule has 19 heavy (non-hydrogen) atoms. The molecule has 2 nitrogen and oxygen atoms in total. The van der Waals surface area contributed by atoms with Crippen molar-refractivity contribution in [3.63, 3.8) is 0 Å². The highest BCUT2D eigenvalue weighted by atomic mass is 79.9. The van der Waals surface area contributed by atoms with Crippen LogP contribution in [0.3, 0.4) is 0 Å². The van der Waals surface area contributed by atoms with Gasteiger partial charge in [-0.1, -0.05) is 13.0 Å². The molecule has 2 rings (SSSR count). The van der Waals surface area contributed by atoms with Crippen LogP contribution in [0.15, 0.2) is 22.7 Å². The molecular formula is C15H21BrFNO. The van der Waals surface area contributed by atoms with Crippen molar-refractivity contribution in [1.29, 1.82) is 0 Å². The van der Waals surface area contributed by atoms with E-state index in [0.717, 1.165) is 38.0 Å². The summed E-state index contributed by atoms with van der Waals surface area (Å²) in [5, 5.41) is 3.51. The van der Waals surface area contributed by atoms with E-state index < -0.39 is 0 Å². The van der Waals surface area contributed by atoms with Gasteiger partial charge < -0.3 is 10.1 Å². The maximum Gasteiger partial charge on any atom is 0.137 e. The third kappa shape index (κ3) is 3.56. The molecular weight excluding hydrogens is 309 g/mol. The first-order valence-corrected chi connectivity index (χ1v) is 7.66. The van der Waals surface area contributed by atoms with E-state index in [1.165, 1.54) is 6.07 Å². The van der Waals surface area contributed by atoms with Gasteiger partial charge in [-0.05, 0) is 66.4 Å². The van der Waals surface area contributed by atoms with Gasteiger partial charge in [0.05, 0.1) is 10.1 Å². The summed E-state index contributed by atoms with van der Waals surface area (Å²) < 4.78 is 19.7. The maximum absolute atomic E-state index is 13.3. The van der Waals surface area contributed by atoms with Crippen LogP contribution in [0, 0.1) is 5.82 Å². The lowest BCUT2D eigenvalue weighted by atomic mass is 9.88. The molecule has 0 aliphatic carbocycles. The van der Waals surface area contributed by atoms with Crippen LogP contribution in [0.1, 0.15) is 32.3 Å². The molecule has 1 aromatic rings. The molecule has 0 aromatic heterocycles. The Kier molecular flexibility index (Phi) is 4.98. The zero-order valence-electron chi connectivity index (χ0n) is 11.5. The standard InChI is InChI=1S/C15H21BrFNO/c1-3-18-14(15(2)7-4-8-19-15)10-11-5-6-13(17)12(16)9-11/h5-6,9,14,18H,3-4,7-8,10H2,1-2H3. The van der Waals surface area contributed by atoms with Crippen molar-refractivity contribution in [1.82, 2.24) is 5.32 Å². The highest BCUT2D eigenvalue weighted by molar-refractivity contribution is 9.10.